The molecule has 10 heteroatoms. The number of methoxy groups -OCH3 is 1. The number of quaternary nitrogens is 1. The number of fused-ring (bicyclic) bond motifs is 2. The van der Waals surface area contributed by atoms with Crippen LogP contribution in [0.5, 0.6) is 0 Å². The molecule has 1 aromatic carbocycles. The van der Waals surface area contributed by atoms with Crippen LogP contribution >= 0.6 is 0 Å². The first-order valence-electron chi connectivity index (χ1n) is 8.92. The van der Waals surface area contributed by atoms with Gasteiger partial charge in [0.1, 0.15) is 6.54 Å². The Morgan fingerprint density at radius 3 is 2.57 bits per heavy atom. The molecule has 0 radical (unpaired) electrons. The lowest BCUT2D eigenvalue weighted by molar-refractivity contribution is -0.544. The summed E-state index contributed by atoms with van der Waals surface area (Å²) in [7, 11) is 1.59. The zero-order valence-corrected chi connectivity index (χ0v) is 16.2. The number of rotatable bonds is 6. The van der Waals surface area contributed by atoms with Crippen molar-refractivity contribution in [3.8, 4) is 11.5 Å². The van der Waals surface area contributed by atoms with E-state index in [2.05, 4.69) is 9.97 Å². The summed E-state index contributed by atoms with van der Waals surface area (Å²) in [6, 6.07) is 3.90. The number of aromatic nitrogens is 4. The Morgan fingerprint density at radius 1 is 1.18 bits per heavy atom. The number of guanidine groups is 1. The van der Waals surface area contributed by atoms with E-state index >= 15 is 0 Å². The number of aryl methyl sites for hydroxylation is 2. The molecule has 148 valence electrons. The van der Waals surface area contributed by atoms with Gasteiger partial charge in [-0.05, 0) is 37.1 Å². The molecule has 0 bridgehead atoms. The Bertz CT molecular complexity index is 1130. The van der Waals surface area contributed by atoms with E-state index < -0.39 is 11.2 Å². The predicted octanol–water partition coefficient (Wildman–Crippen LogP) is -1.22. The fraction of sp³-hybridized carbons (Fsp3) is 0.389. The minimum Gasteiger partial charge on any atom is -0.383 e. The normalized spacial score (nSPS) is 11.4. The number of nitrogens with zero attached hydrogens (tertiary/aromatic N) is 4. The van der Waals surface area contributed by atoms with Crippen LogP contribution in [0.3, 0.4) is 0 Å². The fourth-order valence-corrected chi connectivity index (χ4v) is 3.08. The fourth-order valence-electron chi connectivity index (χ4n) is 3.08. The smallest absolute Gasteiger partial charge is 0.352 e. The molecule has 0 saturated carbocycles. The number of hydrogen-bond donors (Lipinski definition) is 3. The van der Waals surface area contributed by atoms with E-state index in [1.165, 1.54) is 5.32 Å². The number of hydrogen-bond acceptors (Lipinski definition) is 6. The van der Waals surface area contributed by atoms with Crippen LogP contribution in [0.15, 0.2) is 21.7 Å². The van der Waals surface area contributed by atoms with E-state index in [0.717, 1.165) is 21.2 Å². The number of ether oxygens (including phenoxy) is 1. The first-order valence-corrected chi connectivity index (χ1v) is 8.92. The molecule has 3 rings (SSSR count). The van der Waals surface area contributed by atoms with Gasteiger partial charge in [0.25, 0.3) is 11.5 Å². The zero-order valence-electron chi connectivity index (χ0n) is 16.2. The van der Waals surface area contributed by atoms with Crippen molar-refractivity contribution < 1.29 is 10.1 Å². The van der Waals surface area contributed by atoms with Crippen molar-refractivity contribution in [3.63, 3.8) is 0 Å². The number of nitrogens with one attached hydrogen (secondary N) is 1. The third-order valence-electron chi connectivity index (χ3n) is 4.70. The first-order chi connectivity index (χ1) is 13.3. The second-order valence-corrected chi connectivity index (χ2v) is 6.65. The maximum atomic E-state index is 13.0. The molecule has 0 fully saturated rings. The van der Waals surface area contributed by atoms with Crippen molar-refractivity contribution in [1.29, 1.82) is 5.41 Å². The highest BCUT2D eigenvalue weighted by Gasteiger charge is 2.22. The summed E-state index contributed by atoms with van der Waals surface area (Å²) < 4.78 is 8.03. The van der Waals surface area contributed by atoms with Gasteiger partial charge in [0.15, 0.2) is 11.5 Å². The van der Waals surface area contributed by atoms with Crippen molar-refractivity contribution >= 4 is 17.0 Å². The molecule has 28 heavy (non-hydrogen) atoms. The second kappa shape index (κ2) is 7.87. The molecular weight excluding hydrogens is 362 g/mol. The number of benzene rings is 1. The Kier molecular flexibility index (Phi) is 5.52. The van der Waals surface area contributed by atoms with E-state index in [4.69, 9.17) is 15.9 Å². The molecule has 2 aliphatic rings. The Labute approximate surface area is 160 Å². The molecule has 2 aliphatic heterocycles. The van der Waals surface area contributed by atoms with Gasteiger partial charge in [-0.25, -0.2) is 15.2 Å². The van der Waals surface area contributed by atoms with E-state index in [1.807, 2.05) is 30.5 Å². The van der Waals surface area contributed by atoms with Gasteiger partial charge in [-0.15, -0.1) is 0 Å². The minimum absolute atomic E-state index is 0.0882. The minimum atomic E-state index is -0.648. The average molecular weight is 386 g/mol. The molecule has 10 nitrogen and oxygen atoms in total. The van der Waals surface area contributed by atoms with Gasteiger partial charge in [-0.1, -0.05) is 0 Å². The van der Waals surface area contributed by atoms with Crippen molar-refractivity contribution in [2.75, 3.05) is 20.3 Å². The Hall–Kier alpha value is -3.11. The van der Waals surface area contributed by atoms with Crippen LogP contribution in [0.1, 0.15) is 11.1 Å². The molecule has 0 aromatic heterocycles. The van der Waals surface area contributed by atoms with Crippen molar-refractivity contribution in [2.45, 2.75) is 26.9 Å². The molecule has 1 aromatic rings. The largest absolute Gasteiger partial charge is 0.383 e. The van der Waals surface area contributed by atoms with Crippen LogP contribution in [0, 0.1) is 19.3 Å². The van der Waals surface area contributed by atoms with Gasteiger partial charge in [0.05, 0.1) is 24.2 Å². The zero-order chi connectivity index (χ0) is 20.4. The molecule has 0 atom stereocenters. The maximum absolute atomic E-state index is 13.0. The summed E-state index contributed by atoms with van der Waals surface area (Å²) in [4.78, 5) is 34.1. The second-order valence-electron chi connectivity index (χ2n) is 6.65. The Balaban J connectivity index is 2.26. The molecule has 5 N–H and O–H groups in total. The lowest BCUT2D eigenvalue weighted by Crippen LogP contribution is -2.91. The third-order valence-corrected chi connectivity index (χ3v) is 4.70. The molecule has 2 heterocycles. The highest BCUT2D eigenvalue weighted by molar-refractivity contribution is 5.81. The first kappa shape index (κ1) is 19.6. The topological polar surface area (TPSA) is 145 Å². The van der Waals surface area contributed by atoms with Crippen molar-refractivity contribution in [3.05, 3.63) is 44.1 Å². The predicted molar refractivity (Wildman–Crippen MR) is 105 cm³/mol. The standard InChI is InChI=1S/C18H23N7O3/c1-10-8-12-13(9-11(10)2)24(6-7-28-3)15-14(22-12)16(26)25(18(27)23-15)5-4-21-17(19)20/h8-9H,4-7H2,1-3H3,(H4,19,20,21)/p+1. The van der Waals surface area contributed by atoms with Crippen LogP contribution in [-0.4, -0.2) is 45.3 Å². The SMILES string of the molecule is COCCn1c2nc(=O)n(CC[NH2+]C(=N)N)c(=O)c-2nc2cc(C)c(C)cc21. The van der Waals surface area contributed by atoms with Crippen molar-refractivity contribution in [1.82, 2.24) is 19.1 Å². The Morgan fingerprint density at radius 2 is 1.89 bits per heavy atom. The van der Waals surface area contributed by atoms with Gasteiger partial charge >= 0.3 is 5.69 Å². The van der Waals surface area contributed by atoms with Crippen LogP contribution in [-0.2, 0) is 17.8 Å². The summed E-state index contributed by atoms with van der Waals surface area (Å²) in [5.41, 5.74) is 7.87. The molecule has 0 amide bonds. The highest BCUT2D eigenvalue weighted by atomic mass is 16.5. The molecule has 0 spiro atoms. The van der Waals surface area contributed by atoms with Crippen LogP contribution in [0.2, 0.25) is 0 Å². The van der Waals surface area contributed by atoms with E-state index in [9.17, 15) is 9.59 Å². The lowest BCUT2D eigenvalue weighted by Gasteiger charge is -2.18. The van der Waals surface area contributed by atoms with Gasteiger partial charge in [-0.2, -0.15) is 4.98 Å². The average Bonchev–Trinajstić information content (AvgIpc) is 2.63. The molecule has 0 aliphatic carbocycles. The van der Waals surface area contributed by atoms with Gasteiger partial charge in [-0.3, -0.25) is 14.7 Å². The number of nitrogens with two attached hydrogens (primary N) is 2. The quantitative estimate of drug-likeness (QED) is 0.275. The van der Waals surface area contributed by atoms with Crippen LogP contribution in [0.25, 0.3) is 22.6 Å². The summed E-state index contributed by atoms with van der Waals surface area (Å²) in [5.74, 6) is 0.135. The summed E-state index contributed by atoms with van der Waals surface area (Å²) >= 11 is 0. The van der Waals surface area contributed by atoms with E-state index in [0.29, 0.717) is 18.7 Å². The summed E-state index contributed by atoms with van der Waals surface area (Å²) in [6.07, 6.45) is 0. The van der Waals surface area contributed by atoms with Gasteiger partial charge in [0, 0.05) is 13.7 Å². The van der Waals surface area contributed by atoms with E-state index in [-0.39, 0.29) is 30.6 Å². The van der Waals surface area contributed by atoms with Gasteiger partial charge in [0.2, 0.25) is 0 Å². The van der Waals surface area contributed by atoms with Gasteiger partial charge < -0.3 is 15.0 Å². The van der Waals surface area contributed by atoms with Crippen LogP contribution < -0.4 is 22.3 Å². The lowest BCUT2D eigenvalue weighted by atomic mass is 10.1. The molecule has 0 saturated heterocycles. The molecule has 0 unspecified atom stereocenters. The van der Waals surface area contributed by atoms with Crippen molar-refractivity contribution in [2.24, 2.45) is 5.73 Å². The van der Waals surface area contributed by atoms with E-state index in [1.54, 1.807) is 7.11 Å². The maximum Gasteiger partial charge on any atom is 0.352 e. The van der Waals surface area contributed by atoms with Crippen LogP contribution in [0.4, 0.5) is 0 Å². The monoisotopic (exact) mass is 386 g/mol. The summed E-state index contributed by atoms with van der Waals surface area (Å²) in [6.45, 7) is 5.18. The molecular formula is C18H24N7O3+. The third kappa shape index (κ3) is 3.64. The summed E-state index contributed by atoms with van der Waals surface area (Å²) in [5, 5.41) is 8.67. The highest BCUT2D eigenvalue weighted by Crippen LogP contribution is 2.23.